The van der Waals surface area contributed by atoms with Crippen molar-refractivity contribution in [3.8, 4) is 0 Å². The lowest BCUT2D eigenvalue weighted by Crippen LogP contribution is -2.49. The van der Waals surface area contributed by atoms with E-state index in [-0.39, 0.29) is 27.0 Å². The van der Waals surface area contributed by atoms with Crippen LogP contribution in [-0.4, -0.2) is 41.3 Å². The number of hydrogen-bond acceptors (Lipinski definition) is 5. The molecular formula is C20H24Cl2N2O5S2. The summed E-state index contributed by atoms with van der Waals surface area (Å²) in [7, 11) is -7.15. The Morgan fingerprint density at radius 1 is 1.00 bits per heavy atom. The monoisotopic (exact) mass is 506 g/mol. The number of anilines is 1. The van der Waals surface area contributed by atoms with Crippen LogP contribution in [0.5, 0.6) is 0 Å². The van der Waals surface area contributed by atoms with Crippen LogP contribution in [0.1, 0.15) is 31.9 Å². The Labute approximate surface area is 193 Å². The zero-order valence-corrected chi connectivity index (χ0v) is 20.6. The molecule has 0 aliphatic carbocycles. The summed E-state index contributed by atoms with van der Waals surface area (Å²) >= 11 is 12.0. The van der Waals surface area contributed by atoms with E-state index in [0.717, 1.165) is 16.8 Å². The van der Waals surface area contributed by atoms with E-state index >= 15 is 0 Å². The van der Waals surface area contributed by atoms with Gasteiger partial charge in [0.1, 0.15) is 6.04 Å². The van der Waals surface area contributed by atoms with Gasteiger partial charge in [-0.2, -0.15) is 0 Å². The van der Waals surface area contributed by atoms with Gasteiger partial charge in [-0.3, -0.25) is 9.10 Å². The van der Waals surface area contributed by atoms with Gasteiger partial charge in [-0.1, -0.05) is 42.3 Å². The maximum absolute atomic E-state index is 13.0. The summed E-state index contributed by atoms with van der Waals surface area (Å²) in [6, 6.07) is 8.98. The topological polar surface area (TPSA) is 101 Å². The molecule has 170 valence electrons. The molecule has 0 aromatic heterocycles. The van der Waals surface area contributed by atoms with Crippen molar-refractivity contribution in [1.82, 2.24) is 5.32 Å². The summed E-state index contributed by atoms with van der Waals surface area (Å²) in [5.74, 6) is -0.501. The third-order valence-electron chi connectivity index (χ3n) is 4.65. The van der Waals surface area contributed by atoms with Gasteiger partial charge in [0.15, 0.2) is 9.84 Å². The molecule has 2 atom stereocenters. The van der Waals surface area contributed by atoms with Gasteiger partial charge in [-0.25, -0.2) is 16.8 Å². The number of nitrogens with zero attached hydrogens (tertiary/aromatic N) is 1. The van der Waals surface area contributed by atoms with E-state index in [4.69, 9.17) is 23.2 Å². The van der Waals surface area contributed by atoms with Gasteiger partial charge in [0.05, 0.1) is 32.9 Å². The van der Waals surface area contributed by atoms with E-state index in [1.54, 1.807) is 26.0 Å². The largest absolute Gasteiger partial charge is 0.348 e. The van der Waals surface area contributed by atoms with Crippen molar-refractivity contribution in [3.63, 3.8) is 0 Å². The standard InChI is InChI=1S/C20H24Cl2N2O5S2/c1-5-19(24(31(4,28)29)15-8-11-17(21)18(22)12-15)20(25)23-13(2)14-6-9-16(10-7-14)30(3,26)27/h6-13,19H,5H2,1-4H3,(H,23,25). The van der Waals surface area contributed by atoms with Gasteiger partial charge < -0.3 is 5.32 Å². The molecule has 0 heterocycles. The summed E-state index contributed by atoms with van der Waals surface area (Å²) in [5, 5.41) is 3.24. The van der Waals surface area contributed by atoms with Crippen molar-refractivity contribution in [3.05, 3.63) is 58.1 Å². The first-order chi connectivity index (χ1) is 14.3. The van der Waals surface area contributed by atoms with Crippen LogP contribution in [0.2, 0.25) is 10.0 Å². The third-order valence-corrected chi connectivity index (χ3v) is 7.70. The van der Waals surface area contributed by atoms with Gasteiger partial charge in [-0.15, -0.1) is 0 Å². The van der Waals surface area contributed by atoms with Gasteiger partial charge in [0.2, 0.25) is 15.9 Å². The molecule has 11 heteroatoms. The number of benzene rings is 2. The molecule has 2 rings (SSSR count). The van der Waals surface area contributed by atoms with Gasteiger partial charge >= 0.3 is 0 Å². The van der Waals surface area contributed by atoms with E-state index in [1.807, 2.05) is 0 Å². The Balaban J connectivity index is 2.32. The number of rotatable bonds is 8. The quantitative estimate of drug-likeness (QED) is 0.586. The van der Waals surface area contributed by atoms with E-state index in [0.29, 0.717) is 5.56 Å². The van der Waals surface area contributed by atoms with Gasteiger partial charge in [0.25, 0.3) is 0 Å². The second-order valence-corrected chi connectivity index (χ2v) is 11.8. The molecular weight excluding hydrogens is 483 g/mol. The molecule has 0 saturated carbocycles. The molecule has 1 N–H and O–H groups in total. The summed E-state index contributed by atoms with van der Waals surface area (Å²) < 4.78 is 49.3. The fraction of sp³-hybridized carbons (Fsp3) is 0.350. The van der Waals surface area contributed by atoms with Crippen LogP contribution in [0.15, 0.2) is 47.4 Å². The predicted molar refractivity (Wildman–Crippen MR) is 124 cm³/mol. The van der Waals surface area contributed by atoms with Crippen LogP contribution in [-0.2, 0) is 24.7 Å². The first-order valence-electron chi connectivity index (χ1n) is 9.30. The van der Waals surface area contributed by atoms with Crippen LogP contribution in [0.25, 0.3) is 0 Å². The fourth-order valence-electron chi connectivity index (χ4n) is 3.08. The van der Waals surface area contributed by atoms with Crippen molar-refractivity contribution < 1.29 is 21.6 Å². The number of carbonyl (C=O) groups is 1. The van der Waals surface area contributed by atoms with Crippen molar-refractivity contribution >= 4 is 54.7 Å². The number of halogens is 2. The Morgan fingerprint density at radius 3 is 2.03 bits per heavy atom. The number of hydrogen-bond donors (Lipinski definition) is 1. The lowest BCUT2D eigenvalue weighted by Gasteiger charge is -2.31. The summed E-state index contributed by atoms with van der Waals surface area (Å²) in [6.07, 6.45) is 2.33. The molecule has 2 aromatic carbocycles. The minimum Gasteiger partial charge on any atom is -0.348 e. The number of nitrogens with one attached hydrogen (secondary N) is 1. The molecule has 31 heavy (non-hydrogen) atoms. The highest BCUT2D eigenvalue weighted by atomic mass is 35.5. The summed E-state index contributed by atoms with van der Waals surface area (Å²) in [6.45, 7) is 3.43. The van der Waals surface area contributed by atoms with Crippen LogP contribution >= 0.6 is 23.2 Å². The van der Waals surface area contributed by atoms with Crippen molar-refractivity contribution in [2.24, 2.45) is 0 Å². The van der Waals surface area contributed by atoms with Crippen LogP contribution in [0.4, 0.5) is 5.69 Å². The van der Waals surface area contributed by atoms with E-state index in [1.165, 1.54) is 30.3 Å². The number of amides is 1. The zero-order chi connectivity index (χ0) is 23.6. The first-order valence-corrected chi connectivity index (χ1v) is 13.8. The second-order valence-electron chi connectivity index (χ2n) is 7.15. The van der Waals surface area contributed by atoms with E-state index in [2.05, 4.69) is 5.32 Å². The summed E-state index contributed by atoms with van der Waals surface area (Å²) in [4.78, 5) is 13.2. The smallest absolute Gasteiger partial charge is 0.244 e. The molecule has 0 radical (unpaired) electrons. The molecule has 0 spiro atoms. The average molecular weight is 507 g/mol. The number of sulfonamides is 1. The molecule has 0 fully saturated rings. The average Bonchev–Trinajstić information content (AvgIpc) is 2.66. The van der Waals surface area contributed by atoms with Crippen molar-refractivity contribution in [1.29, 1.82) is 0 Å². The highest BCUT2D eigenvalue weighted by Crippen LogP contribution is 2.30. The molecule has 1 amide bonds. The molecule has 0 saturated heterocycles. The Hall–Kier alpha value is -1.81. The van der Waals surface area contributed by atoms with Crippen LogP contribution in [0, 0.1) is 0 Å². The van der Waals surface area contributed by atoms with E-state index < -0.39 is 37.9 Å². The highest BCUT2D eigenvalue weighted by Gasteiger charge is 2.32. The van der Waals surface area contributed by atoms with Crippen LogP contribution < -0.4 is 9.62 Å². The van der Waals surface area contributed by atoms with Gasteiger partial charge in [0, 0.05) is 6.26 Å². The Bertz CT molecular complexity index is 1170. The Kier molecular flexibility index (Phi) is 8.02. The lowest BCUT2D eigenvalue weighted by molar-refractivity contribution is -0.122. The normalized spacial score (nSPS) is 14.0. The van der Waals surface area contributed by atoms with E-state index in [9.17, 15) is 21.6 Å². The van der Waals surface area contributed by atoms with Crippen molar-refractivity contribution in [2.45, 2.75) is 37.2 Å². The lowest BCUT2D eigenvalue weighted by atomic mass is 10.1. The minimum absolute atomic E-state index is 0.169. The van der Waals surface area contributed by atoms with Crippen molar-refractivity contribution in [2.75, 3.05) is 16.8 Å². The zero-order valence-electron chi connectivity index (χ0n) is 17.5. The third kappa shape index (κ3) is 6.35. The molecule has 0 aliphatic rings. The first kappa shape index (κ1) is 25.5. The van der Waals surface area contributed by atoms with Crippen LogP contribution in [0.3, 0.4) is 0 Å². The minimum atomic E-state index is -3.82. The predicted octanol–water partition coefficient (Wildman–Crippen LogP) is 3.82. The molecule has 0 aliphatic heterocycles. The molecule has 2 aromatic rings. The molecule has 0 bridgehead atoms. The second kappa shape index (κ2) is 9.77. The molecule has 7 nitrogen and oxygen atoms in total. The molecule has 2 unspecified atom stereocenters. The SMILES string of the molecule is CCC(C(=O)NC(C)c1ccc(S(C)(=O)=O)cc1)N(c1ccc(Cl)c(Cl)c1)S(C)(=O)=O. The fourth-order valence-corrected chi connectivity index (χ4v) is 5.21. The number of carbonyl (C=O) groups excluding carboxylic acids is 1. The Morgan fingerprint density at radius 2 is 1.58 bits per heavy atom. The van der Waals surface area contributed by atoms with Gasteiger partial charge in [-0.05, 0) is 49.2 Å². The highest BCUT2D eigenvalue weighted by molar-refractivity contribution is 7.92. The maximum atomic E-state index is 13.0. The maximum Gasteiger partial charge on any atom is 0.244 e. The number of sulfone groups is 1. The summed E-state index contributed by atoms with van der Waals surface area (Å²) in [5.41, 5.74) is 0.903.